The fourth-order valence-corrected chi connectivity index (χ4v) is 3.94. The Kier molecular flexibility index (Phi) is 4.97. The van der Waals surface area contributed by atoms with Crippen molar-refractivity contribution < 1.29 is 17.9 Å². The van der Waals surface area contributed by atoms with Crippen molar-refractivity contribution in [3.05, 3.63) is 29.3 Å². The number of rotatable bonds is 4. The number of carbonyl (C=O) groups is 1. The first kappa shape index (κ1) is 15.9. The molecule has 7 heteroatoms. The fraction of sp³-hybridized carbons (Fsp3) is 0.500. The molecule has 0 bridgehead atoms. The lowest BCUT2D eigenvalue weighted by Crippen LogP contribution is -2.46. The van der Waals surface area contributed by atoms with Crippen molar-refractivity contribution >= 4 is 16.0 Å². The van der Waals surface area contributed by atoms with Crippen molar-refractivity contribution in [3.8, 4) is 0 Å². The van der Waals surface area contributed by atoms with Gasteiger partial charge in [0.05, 0.1) is 17.1 Å². The first-order chi connectivity index (χ1) is 9.96. The van der Waals surface area contributed by atoms with Gasteiger partial charge < -0.3 is 10.1 Å². The minimum atomic E-state index is -3.58. The van der Waals surface area contributed by atoms with Crippen molar-refractivity contribution in [2.75, 3.05) is 32.8 Å². The lowest BCUT2D eigenvalue weighted by atomic mass is 10.1. The number of piperazine rings is 1. The van der Waals surface area contributed by atoms with Crippen molar-refractivity contribution in [3.63, 3.8) is 0 Å². The predicted octanol–water partition coefficient (Wildman–Crippen LogP) is 0.766. The van der Waals surface area contributed by atoms with Crippen molar-refractivity contribution in [1.29, 1.82) is 0 Å². The maximum absolute atomic E-state index is 12.7. The average Bonchev–Trinajstić information content (AvgIpc) is 2.48. The van der Waals surface area contributed by atoms with E-state index in [4.69, 9.17) is 4.74 Å². The number of hydrogen-bond donors (Lipinski definition) is 1. The molecule has 1 aliphatic rings. The van der Waals surface area contributed by atoms with Crippen LogP contribution in [0.1, 0.15) is 22.8 Å². The molecule has 0 radical (unpaired) electrons. The normalized spacial score (nSPS) is 16.7. The van der Waals surface area contributed by atoms with Crippen LogP contribution in [-0.2, 0) is 14.8 Å². The van der Waals surface area contributed by atoms with Crippen LogP contribution in [0.3, 0.4) is 0 Å². The number of esters is 1. The highest BCUT2D eigenvalue weighted by Gasteiger charge is 2.28. The molecule has 6 nitrogen and oxygen atoms in total. The molecule has 21 heavy (non-hydrogen) atoms. The average molecular weight is 312 g/mol. The summed E-state index contributed by atoms with van der Waals surface area (Å²) in [5.41, 5.74) is 0.887. The molecule has 116 valence electrons. The highest BCUT2D eigenvalue weighted by Crippen LogP contribution is 2.22. The number of nitrogens with zero attached hydrogens (tertiary/aromatic N) is 1. The zero-order chi connectivity index (χ0) is 15.5. The topological polar surface area (TPSA) is 75.7 Å². The Hall–Kier alpha value is -1.44. The van der Waals surface area contributed by atoms with E-state index in [0.717, 1.165) is 0 Å². The van der Waals surface area contributed by atoms with E-state index in [9.17, 15) is 13.2 Å². The molecule has 2 rings (SSSR count). The lowest BCUT2D eigenvalue weighted by molar-refractivity contribution is 0.0526. The molecule has 0 aromatic heterocycles. The van der Waals surface area contributed by atoms with E-state index in [1.807, 2.05) is 0 Å². The number of sulfonamides is 1. The second-order valence-electron chi connectivity index (χ2n) is 4.85. The van der Waals surface area contributed by atoms with Gasteiger partial charge in [-0.25, -0.2) is 13.2 Å². The number of carbonyl (C=O) groups excluding carboxylic acids is 1. The summed E-state index contributed by atoms with van der Waals surface area (Å²) in [6, 6.07) is 4.64. The Morgan fingerprint density at radius 3 is 2.62 bits per heavy atom. The van der Waals surface area contributed by atoms with Gasteiger partial charge in [0, 0.05) is 26.2 Å². The first-order valence-corrected chi connectivity index (χ1v) is 8.39. The number of aryl methyl sites for hydroxylation is 1. The monoisotopic (exact) mass is 312 g/mol. The Balaban J connectivity index is 2.37. The smallest absolute Gasteiger partial charge is 0.338 e. The molecule has 0 spiro atoms. The second kappa shape index (κ2) is 6.55. The van der Waals surface area contributed by atoms with Crippen LogP contribution in [0.15, 0.2) is 23.1 Å². The van der Waals surface area contributed by atoms with E-state index in [1.165, 1.54) is 10.4 Å². The van der Waals surface area contributed by atoms with Gasteiger partial charge in [-0.2, -0.15) is 4.31 Å². The zero-order valence-electron chi connectivity index (χ0n) is 12.3. The molecule has 1 fully saturated rings. The molecule has 1 aromatic rings. The molecule has 0 unspecified atom stereocenters. The van der Waals surface area contributed by atoms with E-state index in [0.29, 0.717) is 31.7 Å². The maximum Gasteiger partial charge on any atom is 0.338 e. The second-order valence-corrected chi connectivity index (χ2v) is 6.76. The van der Waals surface area contributed by atoms with Gasteiger partial charge >= 0.3 is 5.97 Å². The minimum Gasteiger partial charge on any atom is -0.462 e. The zero-order valence-corrected chi connectivity index (χ0v) is 13.1. The summed E-state index contributed by atoms with van der Waals surface area (Å²) < 4.78 is 31.7. The van der Waals surface area contributed by atoms with Crippen LogP contribution in [0, 0.1) is 6.92 Å². The summed E-state index contributed by atoms with van der Waals surface area (Å²) in [5.74, 6) is -0.505. The quantitative estimate of drug-likeness (QED) is 0.831. The summed E-state index contributed by atoms with van der Waals surface area (Å²) in [5, 5.41) is 3.12. The number of benzene rings is 1. The van der Waals surface area contributed by atoms with Crippen molar-refractivity contribution in [2.45, 2.75) is 18.7 Å². The molecule has 0 aliphatic carbocycles. The van der Waals surface area contributed by atoms with E-state index in [1.54, 1.807) is 26.0 Å². The largest absolute Gasteiger partial charge is 0.462 e. The van der Waals surface area contributed by atoms with Crippen LogP contribution < -0.4 is 5.32 Å². The van der Waals surface area contributed by atoms with Gasteiger partial charge in [0.15, 0.2) is 0 Å². The van der Waals surface area contributed by atoms with Crippen LogP contribution in [0.25, 0.3) is 0 Å². The Labute approximate surface area is 125 Å². The van der Waals surface area contributed by atoms with Crippen LogP contribution >= 0.6 is 0 Å². The highest BCUT2D eigenvalue weighted by atomic mass is 32.2. The number of nitrogens with one attached hydrogen (secondary N) is 1. The van der Waals surface area contributed by atoms with Gasteiger partial charge in [0.1, 0.15) is 0 Å². The number of ether oxygens (including phenoxy) is 1. The Morgan fingerprint density at radius 2 is 2.00 bits per heavy atom. The van der Waals surface area contributed by atoms with Crippen LogP contribution in [0.5, 0.6) is 0 Å². The van der Waals surface area contributed by atoms with E-state index in [2.05, 4.69) is 5.32 Å². The molecule has 0 amide bonds. The van der Waals surface area contributed by atoms with Gasteiger partial charge in [-0.3, -0.25) is 0 Å². The predicted molar refractivity (Wildman–Crippen MR) is 78.8 cm³/mol. The third-order valence-electron chi connectivity index (χ3n) is 3.39. The summed E-state index contributed by atoms with van der Waals surface area (Å²) in [7, 11) is -3.58. The maximum atomic E-state index is 12.7. The number of hydrogen-bond acceptors (Lipinski definition) is 5. The van der Waals surface area contributed by atoms with Gasteiger partial charge in [0.25, 0.3) is 0 Å². The molecule has 1 N–H and O–H groups in total. The van der Waals surface area contributed by atoms with Crippen molar-refractivity contribution in [1.82, 2.24) is 9.62 Å². The van der Waals surface area contributed by atoms with Gasteiger partial charge in [-0.05, 0) is 31.5 Å². The molecule has 1 aromatic carbocycles. The summed E-state index contributed by atoms with van der Waals surface area (Å²) in [6.45, 7) is 5.84. The van der Waals surface area contributed by atoms with E-state index < -0.39 is 16.0 Å². The van der Waals surface area contributed by atoms with Gasteiger partial charge in [-0.1, -0.05) is 6.07 Å². The summed E-state index contributed by atoms with van der Waals surface area (Å²) in [4.78, 5) is 11.9. The van der Waals surface area contributed by atoms with Crippen molar-refractivity contribution in [2.24, 2.45) is 0 Å². The highest BCUT2D eigenvalue weighted by molar-refractivity contribution is 7.89. The SMILES string of the molecule is CCOC(=O)c1ccc(C)c(S(=O)(=O)N2CCNCC2)c1. The van der Waals surface area contributed by atoms with Crippen LogP contribution in [-0.4, -0.2) is 51.5 Å². The summed E-state index contributed by atoms with van der Waals surface area (Å²) in [6.07, 6.45) is 0. The minimum absolute atomic E-state index is 0.176. The molecule has 1 saturated heterocycles. The molecule has 0 saturated carbocycles. The van der Waals surface area contributed by atoms with E-state index >= 15 is 0 Å². The third kappa shape index (κ3) is 3.42. The standard InChI is InChI=1S/C14H20N2O4S/c1-3-20-14(17)12-5-4-11(2)13(10-12)21(18,19)16-8-6-15-7-9-16/h4-5,10,15H,3,6-9H2,1-2H3. The Morgan fingerprint density at radius 1 is 1.33 bits per heavy atom. The third-order valence-corrected chi connectivity index (χ3v) is 5.43. The first-order valence-electron chi connectivity index (χ1n) is 6.95. The summed E-state index contributed by atoms with van der Waals surface area (Å²) >= 11 is 0. The Bertz CT molecular complexity index is 622. The van der Waals surface area contributed by atoms with Crippen LogP contribution in [0.4, 0.5) is 0 Å². The van der Waals surface area contributed by atoms with E-state index in [-0.39, 0.29) is 17.1 Å². The molecular weight excluding hydrogens is 292 g/mol. The van der Waals surface area contributed by atoms with Gasteiger partial charge in [0.2, 0.25) is 10.0 Å². The van der Waals surface area contributed by atoms with Gasteiger partial charge in [-0.15, -0.1) is 0 Å². The van der Waals surface area contributed by atoms with Crippen LogP contribution in [0.2, 0.25) is 0 Å². The molecular formula is C14H20N2O4S. The molecule has 1 aliphatic heterocycles. The fourth-order valence-electron chi connectivity index (χ4n) is 2.24. The molecule has 0 atom stereocenters. The lowest BCUT2D eigenvalue weighted by Gasteiger charge is -2.27. The molecule has 1 heterocycles.